The van der Waals surface area contributed by atoms with Crippen LogP contribution in [0.25, 0.3) is 0 Å². The van der Waals surface area contributed by atoms with Crippen molar-refractivity contribution in [2.45, 2.75) is 238 Å². The number of aliphatic hydroxyl groups excluding tert-OH is 1. The van der Waals surface area contributed by atoms with Gasteiger partial charge in [0.15, 0.2) is 6.10 Å². The highest BCUT2D eigenvalue weighted by Gasteiger charge is 2.28. The quantitative estimate of drug-likeness (QED) is 0.0197. The summed E-state index contributed by atoms with van der Waals surface area (Å²) in [6.07, 6.45) is 74.2. The third kappa shape index (κ3) is 56.3. The highest BCUT2D eigenvalue weighted by molar-refractivity contribution is 7.47. The number of carbonyl (C=O) groups excluding carboxylic acids is 3. The molecule has 11 nitrogen and oxygen atoms in total. The van der Waals surface area contributed by atoms with Gasteiger partial charge in [0, 0.05) is 19.3 Å². The van der Waals surface area contributed by atoms with Crippen LogP contribution in [0.1, 0.15) is 226 Å². The Bertz CT molecular complexity index is 1820. The molecule has 0 aromatic carbocycles. The van der Waals surface area contributed by atoms with Crippen molar-refractivity contribution in [1.29, 1.82) is 0 Å². The molecule has 0 aliphatic rings. The zero-order chi connectivity index (χ0) is 56.9. The molecular weight excluding hydrogens is 1000 g/mol. The summed E-state index contributed by atoms with van der Waals surface area (Å²) in [5.74, 6) is -1.60. The third-order valence-corrected chi connectivity index (χ3v) is 13.0. The first-order chi connectivity index (χ1) is 38.2. The first-order valence-electron chi connectivity index (χ1n) is 30.1. The summed E-state index contributed by atoms with van der Waals surface area (Å²) in [7, 11) is -4.78. The van der Waals surface area contributed by atoms with E-state index in [-0.39, 0.29) is 25.9 Å². The fraction of sp³-hybridized carbons (Fsp3) is 0.621. The second-order valence-electron chi connectivity index (χ2n) is 19.4. The molecule has 0 bridgehead atoms. The van der Waals surface area contributed by atoms with Crippen molar-refractivity contribution in [2.75, 3.05) is 26.4 Å². The number of aliphatic hydroxyl groups is 1. The Balaban J connectivity index is 4.86. The lowest BCUT2D eigenvalue weighted by Crippen LogP contribution is -2.30. The third-order valence-electron chi connectivity index (χ3n) is 12.0. The fourth-order valence-electron chi connectivity index (χ4n) is 7.53. The van der Waals surface area contributed by atoms with Crippen LogP contribution in [-0.2, 0) is 42.2 Å². The van der Waals surface area contributed by atoms with E-state index >= 15 is 0 Å². The molecule has 3 unspecified atom stereocenters. The molecule has 3 atom stereocenters. The minimum Gasteiger partial charge on any atom is -0.462 e. The first-order valence-corrected chi connectivity index (χ1v) is 31.6. The van der Waals surface area contributed by atoms with Crippen LogP contribution in [0.4, 0.5) is 0 Å². The molecule has 0 saturated carbocycles. The molecule has 0 fully saturated rings. The first kappa shape index (κ1) is 73.6. The Labute approximate surface area is 474 Å². The van der Waals surface area contributed by atoms with E-state index in [4.69, 9.17) is 23.3 Å². The van der Waals surface area contributed by atoms with Crippen molar-refractivity contribution in [3.63, 3.8) is 0 Å². The molecule has 0 rings (SSSR count). The van der Waals surface area contributed by atoms with Gasteiger partial charge in [-0.1, -0.05) is 212 Å². The van der Waals surface area contributed by atoms with Gasteiger partial charge >= 0.3 is 25.7 Å². The number of rotatable bonds is 54. The summed E-state index contributed by atoms with van der Waals surface area (Å²) >= 11 is 0. The predicted octanol–water partition coefficient (Wildman–Crippen LogP) is 18.1. The standard InChI is InChI=1S/C66H107O11P/c1-4-7-10-13-16-19-22-25-28-30-31-33-36-39-42-45-48-51-54-57-66(70)77-63(59-73-64(68)55-52-49-46-43-40-37-35-32-29-26-23-20-17-14-11-8-5-2)61-75-78(71,72)74-60-62(58-67)76-65(69)56-53-50-47-44-41-38-34-27-24-21-18-15-12-9-6-3/h8-9,11-12,16-21,25-29,34-35,37,41,43-44,46,62-63,67H,4-7,10,13-15,22-24,30-33,36,38-40,42,45,47-61H2,1-3H3,(H,71,72)/b11-8-,12-9-,19-16-,20-17-,21-18-,28-25-,29-26-,34-27-,37-35-,44-41-,46-43-. The van der Waals surface area contributed by atoms with E-state index in [1.165, 1.54) is 51.4 Å². The number of allylic oxidation sites excluding steroid dienone is 22. The number of unbranched alkanes of at least 4 members (excludes halogenated alkanes) is 15. The summed E-state index contributed by atoms with van der Waals surface area (Å²) in [6.45, 7) is 4.27. The maximum absolute atomic E-state index is 12.9. The average Bonchev–Trinajstić information content (AvgIpc) is 3.43. The van der Waals surface area contributed by atoms with Crippen molar-refractivity contribution < 1.29 is 52.2 Å². The van der Waals surface area contributed by atoms with E-state index in [0.717, 1.165) is 109 Å². The molecule has 0 radical (unpaired) electrons. The zero-order valence-corrected chi connectivity index (χ0v) is 49.7. The number of ether oxygens (including phenoxy) is 3. The minimum absolute atomic E-state index is 0.114. The Morgan fingerprint density at radius 1 is 0.372 bits per heavy atom. The van der Waals surface area contributed by atoms with Crippen LogP contribution in [0, 0.1) is 0 Å². The van der Waals surface area contributed by atoms with Crippen LogP contribution >= 0.6 is 7.82 Å². The van der Waals surface area contributed by atoms with Crippen LogP contribution in [0.3, 0.4) is 0 Å². The minimum atomic E-state index is -4.78. The zero-order valence-electron chi connectivity index (χ0n) is 48.8. The van der Waals surface area contributed by atoms with Gasteiger partial charge in [-0.3, -0.25) is 23.4 Å². The Hall–Kier alpha value is -4.38. The van der Waals surface area contributed by atoms with Gasteiger partial charge in [-0.15, -0.1) is 0 Å². The summed E-state index contributed by atoms with van der Waals surface area (Å²) in [5, 5.41) is 9.82. The molecule has 0 saturated heterocycles. The summed E-state index contributed by atoms with van der Waals surface area (Å²) in [6, 6.07) is 0. The lowest BCUT2D eigenvalue weighted by molar-refractivity contribution is -0.161. The molecule has 0 aliphatic heterocycles. The van der Waals surface area contributed by atoms with Crippen LogP contribution in [-0.4, -0.2) is 66.5 Å². The molecule has 0 aliphatic carbocycles. The van der Waals surface area contributed by atoms with E-state index in [2.05, 4.69) is 148 Å². The number of carbonyl (C=O) groups is 3. The van der Waals surface area contributed by atoms with Crippen molar-refractivity contribution >= 4 is 25.7 Å². The van der Waals surface area contributed by atoms with E-state index in [1.54, 1.807) is 0 Å². The molecule has 0 aromatic heterocycles. The van der Waals surface area contributed by atoms with Crippen molar-refractivity contribution in [2.24, 2.45) is 0 Å². The van der Waals surface area contributed by atoms with Crippen LogP contribution in [0.15, 0.2) is 134 Å². The normalized spacial score (nSPS) is 14.3. The van der Waals surface area contributed by atoms with Crippen LogP contribution in [0.5, 0.6) is 0 Å². The SMILES string of the molecule is CC/C=C\C/C=C\C/C=C\C/C=C\C/C=C\CCCC(=O)OCC(COP(=O)(O)OCC(CO)OC(=O)CCCC/C=C\C/C=C\C/C=C\C/C=C\CC)OC(=O)CCCCCCCCCCC/C=C\C/C=C\CCCCC. The second kappa shape index (κ2) is 58.8. The molecule has 2 N–H and O–H groups in total. The van der Waals surface area contributed by atoms with Gasteiger partial charge in [0.05, 0.1) is 19.8 Å². The maximum Gasteiger partial charge on any atom is 0.472 e. The number of phosphoric acid groups is 1. The largest absolute Gasteiger partial charge is 0.472 e. The Morgan fingerprint density at radius 3 is 1.09 bits per heavy atom. The van der Waals surface area contributed by atoms with Crippen molar-refractivity contribution in [3.8, 4) is 0 Å². The highest BCUT2D eigenvalue weighted by atomic mass is 31.2. The van der Waals surface area contributed by atoms with E-state index in [1.807, 2.05) is 6.08 Å². The van der Waals surface area contributed by atoms with Crippen LogP contribution in [0.2, 0.25) is 0 Å². The second-order valence-corrected chi connectivity index (χ2v) is 20.8. The molecule has 78 heavy (non-hydrogen) atoms. The smallest absolute Gasteiger partial charge is 0.462 e. The van der Waals surface area contributed by atoms with E-state index in [0.29, 0.717) is 25.7 Å². The van der Waals surface area contributed by atoms with Gasteiger partial charge in [0.25, 0.3) is 0 Å². The molecule has 0 heterocycles. The van der Waals surface area contributed by atoms with E-state index in [9.17, 15) is 28.9 Å². The van der Waals surface area contributed by atoms with Gasteiger partial charge in [-0.05, 0) is 128 Å². The fourth-order valence-corrected chi connectivity index (χ4v) is 8.31. The number of phosphoric ester groups is 1. The number of hydrogen-bond donors (Lipinski definition) is 2. The molecule has 12 heteroatoms. The number of esters is 3. The predicted molar refractivity (Wildman–Crippen MR) is 325 cm³/mol. The van der Waals surface area contributed by atoms with E-state index < -0.39 is 57.8 Å². The highest BCUT2D eigenvalue weighted by Crippen LogP contribution is 2.43. The Kier molecular flexibility index (Phi) is 55.5. The molecule has 0 amide bonds. The van der Waals surface area contributed by atoms with Crippen molar-refractivity contribution in [3.05, 3.63) is 134 Å². The molecule has 0 spiro atoms. The summed E-state index contributed by atoms with van der Waals surface area (Å²) < 4.78 is 39.5. The lowest BCUT2D eigenvalue weighted by Gasteiger charge is -2.21. The Morgan fingerprint density at radius 2 is 0.679 bits per heavy atom. The monoisotopic (exact) mass is 1110 g/mol. The van der Waals surface area contributed by atoms with Crippen molar-refractivity contribution in [1.82, 2.24) is 0 Å². The molecule has 442 valence electrons. The summed E-state index contributed by atoms with van der Waals surface area (Å²) in [4.78, 5) is 48.6. The van der Waals surface area contributed by atoms with Gasteiger partial charge in [-0.25, -0.2) is 4.57 Å². The summed E-state index contributed by atoms with van der Waals surface area (Å²) in [5.41, 5.74) is 0. The van der Waals surface area contributed by atoms with Crippen LogP contribution < -0.4 is 0 Å². The molecule has 0 aromatic rings. The topological polar surface area (TPSA) is 155 Å². The van der Waals surface area contributed by atoms with Gasteiger partial charge in [0.1, 0.15) is 12.7 Å². The lowest BCUT2D eigenvalue weighted by atomic mass is 10.1. The van der Waals surface area contributed by atoms with Gasteiger partial charge in [-0.2, -0.15) is 0 Å². The van der Waals surface area contributed by atoms with Gasteiger partial charge < -0.3 is 24.2 Å². The number of hydrogen-bond acceptors (Lipinski definition) is 10. The maximum atomic E-state index is 12.9. The average molecular weight is 1110 g/mol. The van der Waals surface area contributed by atoms with Gasteiger partial charge in [0.2, 0.25) is 0 Å². The molecular formula is C66H107O11P.